The molecule has 2 nitrogen and oxygen atoms in total. The number of aryl methyl sites for hydroxylation is 3. The van der Waals surface area contributed by atoms with Crippen molar-refractivity contribution in [1.29, 1.82) is 0 Å². The number of benzene rings is 1. The van der Waals surface area contributed by atoms with Crippen LogP contribution in [-0.4, -0.2) is 10.6 Å². The van der Waals surface area contributed by atoms with Crippen LogP contribution in [0.5, 0.6) is 0 Å². The summed E-state index contributed by atoms with van der Waals surface area (Å²) in [7, 11) is 2.21. The second-order valence-electron chi connectivity index (χ2n) is 5.45. The number of hydrogen-bond acceptors (Lipinski definition) is 1. The van der Waals surface area contributed by atoms with Crippen LogP contribution in [0.15, 0.2) is 18.2 Å². The van der Waals surface area contributed by atoms with E-state index in [0.717, 1.165) is 19.0 Å². The number of para-hydroxylation sites is 1. The first-order valence-electron chi connectivity index (χ1n) is 7.01. The molecule has 0 bridgehead atoms. The number of fused-ring (bicyclic) bond motifs is 1. The minimum absolute atomic E-state index is 0.771. The minimum atomic E-state index is 0.771. The molecule has 0 unspecified atom stereocenters. The van der Waals surface area contributed by atoms with Crippen molar-refractivity contribution in [3.63, 3.8) is 0 Å². The molecule has 1 N–H and O–H groups in total. The highest BCUT2D eigenvalue weighted by atomic mass is 15.0. The van der Waals surface area contributed by atoms with Crippen LogP contribution in [-0.2, 0) is 20.0 Å². The molecule has 1 aliphatic rings. The highest BCUT2D eigenvalue weighted by Crippen LogP contribution is 2.28. The zero-order valence-corrected chi connectivity index (χ0v) is 11.6. The molecule has 0 aliphatic heterocycles. The molecular formula is C16H22N2. The smallest absolute Gasteiger partial charge is 0.0515 e. The lowest BCUT2D eigenvalue weighted by Crippen LogP contribution is -2.18. The Labute approximate surface area is 109 Å². The first-order chi connectivity index (χ1) is 8.72. The van der Waals surface area contributed by atoms with Crippen LogP contribution in [0, 0.1) is 6.92 Å². The molecule has 0 amide bonds. The SMILES string of the molecule is CCc1cccc2c(C)c(CNC3CC3)n(C)c12. The Bertz CT molecular complexity index is 576. The van der Waals surface area contributed by atoms with Gasteiger partial charge in [0.1, 0.15) is 0 Å². The monoisotopic (exact) mass is 242 g/mol. The van der Waals surface area contributed by atoms with Crippen LogP contribution in [0.4, 0.5) is 0 Å². The van der Waals surface area contributed by atoms with E-state index in [2.05, 4.69) is 49.0 Å². The van der Waals surface area contributed by atoms with Crippen molar-refractivity contribution in [2.45, 2.75) is 45.7 Å². The fourth-order valence-electron chi connectivity index (χ4n) is 2.90. The predicted octanol–water partition coefficient (Wildman–Crippen LogP) is 3.30. The van der Waals surface area contributed by atoms with E-state index in [-0.39, 0.29) is 0 Å². The molecule has 0 spiro atoms. The van der Waals surface area contributed by atoms with Crippen LogP contribution in [0.3, 0.4) is 0 Å². The third-order valence-corrected chi connectivity index (χ3v) is 4.21. The van der Waals surface area contributed by atoms with Gasteiger partial charge in [-0.25, -0.2) is 0 Å². The number of hydrogen-bond donors (Lipinski definition) is 1. The van der Waals surface area contributed by atoms with Gasteiger partial charge < -0.3 is 9.88 Å². The Morgan fingerprint density at radius 3 is 2.78 bits per heavy atom. The van der Waals surface area contributed by atoms with Gasteiger partial charge in [-0.2, -0.15) is 0 Å². The first-order valence-corrected chi connectivity index (χ1v) is 7.01. The van der Waals surface area contributed by atoms with Crippen LogP contribution in [0.25, 0.3) is 10.9 Å². The van der Waals surface area contributed by atoms with E-state index in [1.54, 1.807) is 0 Å². The summed E-state index contributed by atoms with van der Waals surface area (Å²) in [6.07, 6.45) is 3.80. The largest absolute Gasteiger partial charge is 0.346 e. The Morgan fingerprint density at radius 1 is 1.33 bits per heavy atom. The van der Waals surface area contributed by atoms with E-state index in [4.69, 9.17) is 0 Å². The quantitative estimate of drug-likeness (QED) is 0.870. The summed E-state index contributed by atoms with van der Waals surface area (Å²) in [6, 6.07) is 7.46. The minimum Gasteiger partial charge on any atom is -0.346 e. The van der Waals surface area contributed by atoms with Crippen molar-refractivity contribution < 1.29 is 0 Å². The summed E-state index contributed by atoms with van der Waals surface area (Å²) in [5, 5.41) is 5.05. The predicted molar refractivity (Wildman–Crippen MR) is 76.9 cm³/mol. The van der Waals surface area contributed by atoms with Gasteiger partial charge in [0.05, 0.1) is 5.52 Å². The summed E-state index contributed by atoms with van der Waals surface area (Å²) in [6.45, 7) is 5.50. The number of nitrogens with zero attached hydrogens (tertiary/aromatic N) is 1. The lowest BCUT2D eigenvalue weighted by atomic mass is 10.1. The molecule has 0 atom stereocenters. The van der Waals surface area contributed by atoms with Gasteiger partial charge in [-0.1, -0.05) is 25.1 Å². The van der Waals surface area contributed by atoms with Crippen LogP contribution >= 0.6 is 0 Å². The molecule has 2 heteroatoms. The van der Waals surface area contributed by atoms with Crippen molar-refractivity contribution in [1.82, 2.24) is 9.88 Å². The molecule has 0 radical (unpaired) electrons. The van der Waals surface area contributed by atoms with E-state index in [1.807, 2.05) is 0 Å². The van der Waals surface area contributed by atoms with E-state index in [1.165, 1.54) is 40.6 Å². The van der Waals surface area contributed by atoms with Crippen molar-refractivity contribution in [3.05, 3.63) is 35.0 Å². The standard InChI is InChI=1S/C16H22N2/c1-4-12-6-5-7-14-11(2)15(18(3)16(12)14)10-17-13-8-9-13/h5-7,13,17H,4,8-10H2,1-3H3. The maximum atomic E-state index is 3.63. The second-order valence-corrected chi connectivity index (χ2v) is 5.45. The van der Waals surface area contributed by atoms with Crippen molar-refractivity contribution in [2.24, 2.45) is 7.05 Å². The van der Waals surface area contributed by atoms with Crippen molar-refractivity contribution in [2.75, 3.05) is 0 Å². The molecule has 1 aliphatic carbocycles. The Morgan fingerprint density at radius 2 is 2.11 bits per heavy atom. The number of aromatic nitrogens is 1. The van der Waals surface area contributed by atoms with Gasteiger partial charge in [0.15, 0.2) is 0 Å². The zero-order chi connectivity index (χ0) is 12.7. The molecule has 1 saturated carbocycles. The van der Waals surface area contributed by atoms with Gasteiger partial charge in [-0.05, 0) is 37.3 Å². The summed E-state index contributed by atoms with van der Waals surface area (Å²) in [5.41, 5.74) is 5.76. The lowest BCUT2D eigenvalue weighted by Gasteiger charge is -2.08. The Kier molecular flexibility index (Phi) is 2.90. The van der Waals surface area contributed by atoms with Crippen molar-refractivity contribution >= 4 is 10.9 Å². The fourth-order valence-corrected chi connectivity index (χ4v) is 2.90. The van der Waals surface area contributed by atoms with Gasteiger partial charge in [-0.3, -0.25) is 0 Å². The highest BCUT2D eigenvalue weighted by Gasteiger charge is 2.21. The molecule has 0 saturated heterocycles. The van der Waals surface area contributed by atoms with Crippen molar-refractivity contribution in [3.8, 4) is 0 Å². The van der Waals surface area contributed by atoms with Gasteiger partial charge in [0.25, 0.3) is 0 Å². The van der Waals surface area contributed by atoms with Gasteiger partial charge in [-0.15, -0.1) is 0 Å². The third-order valence-electron chi connectivity index (χ3n) is 4.21. The van der Waals surface area contributed by atoms with Gasteiger partial charge in [0.2, 0.25) is 0 Å². The summed E-state index contributed by atoms with van der Waals surface area (Å²) in [4.78, 5) is 0. The normalized spacial score (nSPS) is 15.5. The summed E-state index contributed by atoms with van der Waals surface area (Å²) >= 11 is 0. The Balaban J connectivity index is 2.07. The number of nitrogens with one attached hydrogen (secondary N) is 1. The highest BCUT2D eigenvalue weighted by molar-refractivity contribution is 5.88. The molecule has 1 heterocycles. The van der Waals surface area contributed by atoms with E-state index < -0.39 is 0 Å². The molecule has 2 aromatic rings. The molecule has 3 rings (SSSR count). The average Bonchev–Trinajstić information content (AvgIpc) is 3.17. The molecule has 18 heavy (non-hydrogen) atoms. The second kappa shape index (κ2) is 4.43. The maximum Gasteiger partial charge on any atom is 0.0515 e. The molecule has 1 aromatic carbocycles. The van der Waals surface area contributed by atoms with Crippen LogP contribution in [0.2, 0.25) is 0 Å². The van der Waals surface area contributed by atoms with Crippen LogP contribution in [0.1, 0.15) is 36.6 Å². The van der Waals surface area contributed by atoms with Gasteiger partial charge in [0, 0.05) is 30.7 Å². The topological polar surface area (TPSA) is 17.0 Å². The average molecular weight is 242 g/mol. The van der Waals surface area contributed by atoms with E-state index in [9.17, 15) is 0 Å². The lowest BCUT2D eigenvalue weighted by molar-refractivity contribution is 0.652. The Hall–Kier alpha value is -1.28. The van der Waals surface area contributed by atoms with Gasteiger partial charge >= 0.3 is 0 Å². The molecule has 96 valence electrons. The molecule has 1 fully saturated rings. The number of rotatable bonds is 4. The summed E-state index contributed by atoms with van der Waals surface area (Å²) in [5.74, 6) is 0. The fraction of sp³-hybridized carbons (Fsp3) is 0.500. The third kappa shape index (κ3) is 1.85. The van der Waals surface area contributed by atoms with E-state index >= 15 is 0 Å². The van der Waals surface area contributed by atoms with E-state index in [0.29, 0.717) is 0 Å². The molecular weight excluding hydrogens is 220 g/mol. The van der Waals surface area contributed by atoms with Crippen LogP contribution < -0.4 is 5.32 Å². The summed E-state index contributed by atoms with van der Waals surface area (Å²) < 4.78 is 2.39. The zero-order valence-electron chi connectivity index (χ0n) is 11.6. The first kappa shape index (κ1) is 11.8. The maximum absolute atomic E-state index is 3.63. The molecule has 1 aromatic heterocycles.